The molecule has 0 N–H and O–H groups in total. The Bertz CT molecular complexity index is 776. The third-order valence-corrected chi connectivity index (χ3v) is 5.54. The minimum Gasteiger partial charge on any atom is -0.329 e. The molecule has 128 valence electrons. The van der Waals surface area contributed by atoms with E-state index in [0.717, 1.165) is 17.5 Å². The molecule has 0 aliphatic carbocycles. The van der Waals surface area contributed by atoms with E-state index in [2.05, 4.69) is 4.98 Å². The molecule has 0 saturated carbocycles. The normalized spacial score (nSPS) is 14.0. The van der Waals surface area contributed by atoms with Crippen molar-refractivity contribution in [2.45, 2.75) is 31.7 Å². The van der Waals surface area contributed by atoms with Crippen LogP contribution < -0.4 is 0 Å². The first-order chi connectivity index (χ1) is 11.3. The molecule has 2 aromatic rings. The van der Waals surface area contributed by atoms with E-state index < -0.39 is 21.0 Å². The molecular weight excluding hydrogens is 324 g/mol. The van der Waals surface area contributed by atoms with Crippen molar-refractivity contribution >= 4 is 15.7 Å². The summed E-state index contributed by atoms with van der Waals surface area (Å²) in [5.74, 6) is -0.417. The number of hydrogen-bond acceptors (Lipinski definition) is 4. The number of hydrogen-bond donors (Lipinski definition) is 0. The molecule has 0 fully saturated rings. The Morgan fingerprint density at radius 1 is 1.08 bits per heavy atom. The molecule has 2 rings (SSSR count). The lowest BCUT2D eigenvalue weighted by atomic mass is 10.1. The number of aromatic nitrogens is 1. The summed E-state index contributed by atoms with van der Waals surface area (Å²) >= 11 is 0. The summed E-state index contributed by atoms with van der Waals surface area (Å²) in [5.41, 5.74) is 1.66. The second-order valence-corrected chi connectivity index (χ2v) is 8.22. The number of pyridine rings is 1. The molecule has 5 nitrogen and oxygen atoms in total. The van der Waals surface area contributed by atoms with Gasteiger partial charge in [-0.1, -0.05) is 36.4 Å². The highest BCUT2D eigenvalue weighted by molar-refractivity contribution is 7.92. The summed E-state index contributed by atoms with van der Waals surface area (Å²) in [6, 6.07) is 14.7. The van der Waals surface area contributed by atoms with Crippen molar-refractivity contribution in [2.24, 2.45) is 0 Å². The van der Waals surface area contributed by atoms with Gasteiger partial charge in [0, 0.05) is 19.0 Å². The Kier molecular flexibility index (Phi) is 5.72. The van der Waals surface area contributed by atoms with E-state index in [0.29, 0.717) is 6.54 Å². The zero-order chi connectivity index (χ0) is 17.7. The van der Waals surface area contributed by atoms with Gasteiger partial charge in [-0.15, -0.1) is 0 Å². The molecule has 0 aliphatic heterocycles. The second-order valence-electron chi connectivity index (χ2n) is 5.85. The van der Waals surface area contributed by atoms with Gasteiger partial charge in [0.15, 0.2) is 9.84 Å². The summed E-state index contributed by atoms with van der Waals surface area (Å²) in [5, 5.41) is -1.09. The molecule has 24 heavy (non-hydrogen) atoms. The molecule has 0 radical (unpaired) electrons. The lowest BCUT2D eigenvalue weighted by Crippen LogP contribution is -2.42. The second kappa shape index (κ2) is 7.57. The quantitative estimate of drug-likeness (QED) is 0.806. The Balaban J connectivity index is 2.36. The van der Waals surface area contributed by atoms with E-state index in [4.69, 9.17) is 0 Å². The van der Waals surface area contributed by atoms with Crippen LogP contribution >= 0.6 is 0 Å². The molecule has 1 aromatic carbocycles. The molecule has 0 bridgehead atoms. The van der Waals surface area contributed by atoms with Gasteiger partial charge in [0.25, 0.3) is 0 Å². The molecular formula is C18H22N2O3S. The molecule has 2 unspecified atom stereocenters. The number of rotatable bonds is 6. The van der Waals surface area contributed by atoms with Crippen LogP contribution in [0.4, 0.5) is 0 Å². The Labute approximate surface area is 143 Å². The number of carbonyl (C=O) groups is 1. The highest BCUT2D eigenvalue weighted by atomic mass is 32.2. The molecule has 0 spiro atoms. The number of sulfone groups is 1. The van der Waals surface area contributed by atoms with Crippen molar-refractivity contribution in [1.82, 2.24) is 9.88 Å². The topological polar surface area (TPSA) is 67.3 Å². The van der Waals surface area contributed by atoms with E-state index in [1.54, 1.807) is 17.2 Å². The van der Waals surface area contributed by atoms with Crippen LogP contribution in [0.1, 0.15) is 31.1 Å². The highest BCUT2D eigenvalue weighted by Crippen LogP contribution is 2.23. The standard InChI is InChI=1S/C18H22N2O3S/c1-14(17-11-7-8-12-19-17)20(13-16-9-5-4-6-10-16)18(21)15(2)24(3,22)23/h4-12,14-15H,13H2,1-3H3. The maximum atomic E-state index is 12.8. The van der Waals surface area contributed by atoms with Crippen molar-refractivity contribution in [3.05, 3.63) is 66.0 Å². The zero-order valence-electron chi connectivity index (χ0n) is 14.1. The van der Waals surface area contributed by atoms with Crippen LogP contribution in [0.3, 0.4) is 0 Å². The summed E-state index contributed by atoms with van der Waals surface area (Å²) in [6.07, 6.45) is 2.75. The van der Waals surface area contributed by atoms with Crippen LogP contribution in [0, 0.1) is 0 Å². The van der Waals surface area contributed by atoms with Crippen LogP contribution in [0.5, 0.6) is 0 Å². The molecule has 0 saturated heterocycles. The number of amides is 1. The molecule has 1 heterocycles. The molecule has 2 atom stereocenters. The lowest BCUT2D eigenvalue weighted by Gasteiger charge is -2.31. The average Bonchev–Trinajstić information content (AvgIpc) is 2.58. The van der Waals surface area contributed by atoms with Gasteiger partial charge in [0.2, 0.25) is 5.91 Å². The van der Waals surface area contributed by atoms with Gasteiger partial charge in [-0.05, 0) is 31.5 Å². The van der Waals surface area contributed by atoms with Crippen molar-refractivity contribution in [1.29, 1.82) is 0 Å². The van der Waals surface area contributed by atoms with Gasteiger partial charge in [-0.3, -0.25) is 9.78 Å². The smallest absolute Gasteiger partial charge is 0.241 e. The maximum Gasteiger partial charge on any atom is 0.241 e. The van der Waals surface area contributed by atoms with Crippen LogP contribution in [-0.2, 0) is 21.2 Å². The Morgan fingerprint density at radius 3 is 2.25 bits per heavy atom. The summed E-state index contributed by atoms with van der Waals surface area (Å²) in [4.78, 5) is 18.7. The monoisotopic (exact) mass is 346 g/mol. The first kappa shape index (κ1) is 18.1. The Morgan fingerprint density at radius 2 is 1.71 bits per heavy atom. The molecule has 1 aromatic heterocycles. The summed E-state index contributed by atoms with van der Waals surface area (Å²) in [7, 11) is -3.47. The van der Waals surface area contributed by atoms with Crippen molar-refractivity contribution < 1.29 is 13.2 Å². The predicted molar refractivity (Wildman–Crippen MR) is 93.9 cm³/mol. The minimum absolute atomic E-state index is 0.330. The van der Waals surface area contributed by atoms with Crippen molar-refractivity contribution in [2.75, 3.05) is 6.26 Å². The van der Waals surface area contributed by atoms with E-state index >= 15 is 0 Å². The minimum atomic E-state index is -3.47. The van der Waals surface area contributed by atoms with E-state index in [1.165, 1.54) is 6.92 Å². The van der Waals surface area contributed by atoms with Gasteiger partial charge in [0.05, 0.1) is 11.7 Å². The Hall–Kier alpha value is -2.21. The first-order valence-electron chi connectivity index (χ1n) is 7.75. The highest BCUT2D eigenvalue weighted by Gasteiger charge is 2.31. The number of benzene rings is 1. The van der Waals surface area contributed by atoms with Crippen molar-refractivity contribution in [3.8, 4) is 0 Å². The van der Waals surface area contributed by atoms with Crippen LogP contribution in [0.25, 0.3) is 0 Å². The molecule has 1 amide bonds. The summed E-state index contributed by atoms with van der Waals surface area (Å²) < 4.78 is 23.7. The SMILES string of the molecule is CC(c1ccccn1)N(Cc1ccccc1)C(=O)C(C)S(C)(=O)=O. The van der Waals surface area contributed by atoms with Crippen molar-refractivity contribution in [3.63, 3.8) is 0 Å². The largest absolute Gasteiger partial charge is 0.329 e. The number of carbonyl (C=O) groups excluding carboxylic acids is 1. The van der Waals surface area contributed by atoms with Gasteiger partial charge < -0.3 is 4.90 Å². The predicted octanol–water partition coefficient (Wildman–Crippen LogP) is 2.60. The molecule has 6 heteroatoms. The molecule has 0 aliphatic rings. The van der Waals surface area contributed by atoms with Gasteiger partial charge in [-0.2, -0.15) is 0 Å². The third kappa shape index (κ3) is 4.41. The maximum absolute atomic E-state index is 12.8. The van der Waals surface area contributed by atoms with Gasteiger partial charge in [0.1, 0.15) is 5.25 Å². The van der Waals surface area contributed by atoms with Gasteiger partial charge in [-0.25, -0.2) is 8.42 Å². The fraction of sp³-hybridized carbons (Fsp3) is 0.333. The lowest BCUT2D eigenvalue weighted by molar-refractivity contribution is -0.133. The van der Waals surface area contributed by atoms with Crippen LogP contribution in [0.2, 0.25) is 0 Å². The van der Waals surface area contributed by atoms with E-state index in [9.17, 15) is 13.2 Å². The third-order valence-electron chi connectivity index (χ3n) is 4.05. The van der Waals surface area contributed by atoms with Crippen LogP contribution in [0.15, 0.2) is 54.7 Å². The fourth-order valence-corrected chi connectivity index (χ4v) is 2.89. The average molecular weight is 346 g/mol. The first-order valence-corrected chi connectivity index (χ1v) is 9.70. The number of nitrogens with zero attached hydrogens (tertiary/aromatic N) is 2. The van der Waals surface area contributed by atoms with E-state index in [-0.39, 0.29) is 6.04 Å². The summed E-state index contributed by atoms with van der Waals surface area (Å²) in [6.45, 7) is 3.62. The zero-order valence-corrected chi connectivity index (χ0v) is 14.9. The fourth-order valence-electron chi connectivity index (χ4n) is 2.39. The van der Waals surface area contributed by atoms with Gasteiger partial charge >= 0.3 is 0 Å². The van der Waals surface area contributed by atoms with Crippen LogP contribution in [-0.4, -0.2) is 35.7 Å². The van der Waals surface area contributed by atoms with E-state index in [1.807, 2.05) is 49.4 Å².